The first kappa shape index (κ1) is 15.2. The molecule has 0 aromatic rings. The Kier molecular flexibility index (Phi) is 5.20. The fourth-order valence-electron chi connectivity index (χ4n) is 3.10. The van der Waals surface area contributed by atoms with Crippen LogP contribution in [0.25, 0.3) is 0 Å². The van der Waals surface area contributed by atoms with Crippen LogP contribution in [-0.2, 0) is 4.74 Å². The Hall–Kier alpha value is -0.200. The van der Waals surface area contributed by atoms with Gasteiger partial charge in [0.2, 0.25) is 0 Å². The van der Waals surface area contributed by atoms with Crippen molar-refractivity contribution in [2.45, 2.75) is 76.0 Å². The third kappa shape index (κ3) is 2.95. The number of nitrogens with zero attached hydrogens (tertiary/aromatic N) is 1. The van der Waals surface area contributed by atoms with Gasteiger partial charge in [-0.15, -0.1) is 0 Å². The van der Waals surface area contributed by atoms with Crippen LogP contribution in [-0.4, -0.2) is 69.9 Å². The van der Waals surface area contributed by atoms with E-state index in [1.165, 1.54) is 0 Å². The van der Waals surface area contributed by atoms with Crippen molar-refractivity contribution in [1.82, 2.24) is 4.90 Å². The number of unbranched alkanes of at least 4 members (excludes halogenated alkanes) is 2. The van der Waals surface area contributed by atoms with E-state index >= 15 is 0 Å². The molecule has 0 spiro atoms. The van der Waals surface area contributed by atoms with Crippen molar-refractivity contribution in [2.24, 2.45) is 0 Å². The summed E-state index contributed by atoms with van der Waals surface area (Å²) in [6.07, 6.45) is 0.844. The average Bonchev–Trinajstić information content (AvgIpc) is 3.12. The van der Waals surface area contributed by atoms with Gasteiger partial charge in [-0.1, -0.05) is 26.7 Å². The van der Waals surface area contributed by atoms with Crippen LogP contribution < -0.4 is 0 Å². The monoisotopic (exact) mass is 273 g/mol. The normalized spacial score (nSPS) is 45.0. The van der Waals surface area contributed by atoms with Gasteiger partial charge in [0.05, 0.1) is 18.2 Å². The highest BCUT2D eigenvalue weighted by atomic mass is 16.5. The van der Waals surface area contributed by atoms with Crippen molar-refractivity contribution in [3.05, 3.63) is 0 Å². The third-order valence-corrected chi connectivity index (χ3v) is 4.33. The summed E-state index contributed by atoms with van der Waals surface area (Å²) in [4.78, 5) is 2.16. The molecule has 0 amide bonds. The SMILES string of the molecule is CCCCO[C@H]1C2C([C@H](O)[C@@H](O)[C@@H]1O)N2CCCC. The summed E-state index contributed by atoms with van der Waals surface area (Å²) in [6, 6.07) is 0.0217. The summed E-state index contributed by atoms with van der Waals surface area (Å²) >= 11 is 0. The third-order valence-electron chi connectivity index (χ3n) is 4.33. The van der Waals surface area contributed by atoms with Gasteiger partial charge in [-0.05, 0) is 19.4 Å². The summed E-state index contributed by atoms with van der Waals surface area (Å²) in [5.41, 5.74) is 0. The smallest absolute Gasteiger partial charge is 0.110 e. The zero-order chi connectivity index (χ0) is 14.0. The maximum Gasteiger partial charge on any atom is 0.110 e. The van der Waals surface area contributed by atoms with Gasteiger partial charge in [-0.3, -0.25) is 4.90 Å². The molecule has 0 aromatic heterocycles. The van der Waals surface area contributed by atoms with Gasteiger partial charge in [0.25, 0.3) is 0 Å². The molecular formula is C14H27NO4. The summed E-state index contributed by atoms with van der Waals surface area (Å²) in [5, 5.41) is 30.0. The van der Waals surface area contributed by atoms with E-state index in [9.17, 15) is 15.3 Å². The van der Waals surface area contributed by atoms with Crippen LogP contribution in [0.3, 0.4) is 0 Å². The van der Waals surface area contributed by atoms with Gasteiger partial charge in [0, 0.05) is 6.61 Å². The van der Waals surface area contributed by atoms with Gasteiger partial charge < -0.3 is 20.1 Å². The number of fused-ring (bicyclic) bond motifs is 1. The lowest BCUT2D eigenvalue weighted by molar-refractivity contribution is -0.140. The van der Waals surface area contributed by atoms with E-state index in [1.54, 1.807) is 0 Å². The molecule has 2 aliphatic rings. The van der Waals surface area contributed by atoms with Crippen LogP contribution in [0, 0.1) is 0 Å². The van der Waals surface area contributed by atoms with Gasteiger partial charge in [-0.2, -0.15) is 0 Å². The van der Waals surface area contributed by atoms with Crippen molar-refractivity contribution >= 4 is 0 Å². The fraction of sp³-hybridized carbons (Fsp3) is 1.00. The Morgan fingerprint density at radius 2 is 1.58 bits per heavy atom. The number of ether oxygens (including phenoxy) is 1. The first-order valence-corrected chi connectivity index (χ1v) is 7.55. The molecule has 0 aromatic carbocycles. The van der Waals surface area contributed by atoms with Crippen LogP contribution in [0.4, 0.5) is 0 Å². The molecule has 2 fully saturated rings. The highest BCUT2D eigenvalue weighted by molar-refractivity contribution is 5.18. The number of hydrogen-bond donors (Lipinski definition) is 3. The highest BCUT2D eigenvalue weighted by Gasteiger charge is 2.64. The first-order valence-electron chi connectivity index (χ1n) is 7.55. The van der Waals surface area contributed by atoms with Gasteiger partial charge in [-0.25, -0.2) is 0 Å². The molecule has 0 bridgehead atoms. The predicted octanol–water partition coefficient (Wildman–Crippen LogP) is 0.121. The molecule has 1 aliphatic carbocycles. The van der Waals surface area contributed by atoms with E-state index in [0.29, 0.717) is 6.61 Å². The van der Waals surface area contributed by atoms with Crippen molar-refractivity contribution < 1.29 is 20.1 Å². The summed E-state index contributed by atoms with van der Waals surface area (Å²) in [6.45, 7) is 5.72. The van der Waals surface area contributed by atoms with Gasteiger partial charge >= 0.3 is 0 Å². The molecule has 5 heteroatoms. The Morgan fingerprint density at radius 1 is 0.895 bits per heavy atom. The lowest BCUT2D eigenvalue weighted by Crippen LogP contribution is -2.54. The summed E-state index contributed by atoms with van der Waals surface area (Å²) in [7, 11) is 0. The largest absolute Gasteiger partial charge is 0.389 e. The maximum absolute atomic E-state index is 10.1. The van der Waals surface area contributed by atoms with E-state index in [1.807, 2.05) is 0 Å². The fourth-order valence-corrected chi connectivity index (χ4v) is 3.10. The summed E-state index contributed by atoms with van der Waals surface area (Å²) in [5.74, 6) is 0. The molecule has 3 N–H and O–H groups in total. The Bertz CT molecular complexity index is 289. The average molecular weight is 273 g/mol. The second-order valence-electron chi connectivity index (χ2n) is 5.73. The minimum atomic E-state index is -1.10. The first-order chi connectivity index (χ1) is 9.13. The zero-order valence-electron chi connectivity index (χ0n) is 11.9. The molecule has 19 heavy (non-hydrogen) atoms. The van der Waals surface area contributed by atoms with Crippen LogP contribution in [0.1, 0.15) is 39.5 Å². The van der Waals surface area contributed by atoms with E-state index in [2.05, 4.69) is 18.7 Å². The van der Waals surface area contributed by atoms with E-state index < -0.39 is 18.3 Å². The molecule has 5 nitrogen and oxygen atoms in total. The maximum atomic E-state index is 10.1. The molecule has 3 unspecified atom stereocenters. The lowest BCUT2D eigenvalue weighted by Gasteiger charge is -2.33. The quantitative estimate of drug-likeness (QED) is 0.454. The van der Waals surface area contributed by atoms with E-state index in [0.717, 1.165) is 32.2 Å². The Labute approximate surface area is 115 Å². The lowest BCUT2D eigenvalue weighted by atomic mass is 9.89. The van der Waals surface area contributed by atoms with Crippen LogP contribution in [0.15, 0.2) is 0 Å². The topological polar surface area (TPSA) is 72.9 Å². The molecular weight excluding hydrogens is 246 g/mol. The van der Waals surface area contributed by atoms with Crippen molar-refractivity contribution in [3.8, 4) is 0 Å². The Balaban J connectivity index is 1.96. The second kappa shape index (κ2) is 6.50. The van der Waals surface area contributed by atoms with Crippen LogP contribution in [0.2, 0.25) is 0 Å². The van der Waals surface area contributed by atoms with E-state index in [4.69, 9.17) is 4.74 Å². The van der Waals surface area contributed by atoms with Gasteiger partial charge in [0.15, 0.2) is 0 Å². The molecule has 1 saturated heterocycles. The van der Waals surface area contributed by atoms with Crippen molar-refractivity contribution in [2.75, 3.05) is 13.2 Å². The molecule has 7 atom stereocenters. The number of rotatable bonds is 7. The molecule has 1 aliphatic heterocycles. The van der Waals surface area contributed by atoms with Gasteiger partial charge in [0.1, 0.15) is 18.3 Å². The summed E-state index contributed by atoms with van der Waals surface area (Å²) < 4.78 is 5.76. The standard InChI is InChI=1S/C14H27NO4/c1-3-5-7-15-9-10(15)14(19-8-6-4-2)13(18)12(17)11(9)16/h9-14,16-18H,3-8H2,1-2H3/t9?,10?,11-,12+,13-,14-,15?/m0/s1. The van der Waals surface area contributed by atoms with Crippen LogP contribution in [0.5, 0.6) is 0 Å². The molecule has 0 radical (unpaired) electrons. The minimum Gasteiger partial charge on any atom is -0.389 e. The molecule has 1 saturated carbocycles. The number of likely N-dealkylation sites (tertiary alicyclic amines) is 1. The number of aliphatic hydroxyl groups excluding tert-OH is 3. The van der Waals surface area contributed by atoms with Crippen molar-refractivity contribution in [1.29, 1.82) is 0 Å². The highest BCUT2D eigenvalue weighted by Crippen LogP contribution is 2.42. The number of aliphatic hydroxyl groups is 3. The Morgan fingerprint density at radius 3 is 2.21 bits per heavy atom. The second-order valence-corrected chi connectivity index (χ2v) is 5.73. The molecule has 2 rings (SSSR count). The zero-order valence-corrected chi connectivity index (χ0v) is 11.9. The van der Waals surface area contributed by atoms with E-state index in [-0.39, 0.29) is 18.2 Å². The van der Waals surface area contributed by atoms with Crippen molar-refractivity contribution in [3.63, 3.8) is 0 Å². The molecule has 112 valence electrons. The molecule has 1 heterocycles. The van der Waals surface area contributed by atoms with Crippen LogP contribution >= 0.6 is 0 Å². The number of hydrogen-bond acceptors (Lipinski definition) is 5. The predicted molar refractivity (Wildman–Crippen MR) is 71.9 cm³/mol. The minimum absolute atomic E-state index is 0.0448.